The van der Waals surface area contributed by atoms with Gasteiger partial charge in [-0.15, -0.1) is 11.3 Å². The molecule has 2 rings (SSSR count). The van der Waals surface area contributed by atoms with Crippen LogP contribution < -0.4 is 5.32 Å². The Morgan fingerprint density at radius 3 is 2.75 bits per heavy atom. The number of nitrogens with zero attached hydrogens (tertiary/aromatic N) is 1. The first-order valence-electron chi connectivity index (χ1n) is 5.26. The van der Waals surface area contributed by atoms with E-state index in [0.717, 1.165) is 10.7 Å². The van der Waals surface area contributed by atoms with E-state index < -0.39 is 12.7 Å². The SMILES string of the molecule is FC(F)(F)CNCc1csc(C2CCC2)n1. The molecule has 1 aliphatic carbocycles. The Labute approximate surface area is 95.9 Å². The predicted molar refractivity (Wildman–Crippen MR) is 56.5 cm³/mol. The molecule has 0 atom stereocenters. The molecule has 1 aromatic rings. The monoisotopic (exact) mass is 250 g/mol. The number of nitrogens with one attached hydrogen (secondary N) is 1. The summed E-state index contributed by atoms with van der Waals surface area (Å²) in [5.41, 5.74) is 0.719. The standard InChI is InChI=1S/C10H13F3N2S/c11-10(12,13)6-14-4-8-5-16-9(15-8)7-2-1-3-7/h5,7,14H,1-4,6H2. The van der Waals surface area contributed by atoms with Gasteiger partial charge in [-0.25, -0.2) is 4.98 Å². The lowest BCUT2D eigenvalue weighted by atomic mass is 9.86. The van der Waals surface area contributed by atoms with E-state index in [1.807, 2.05) is 5.38 Å². The van der Waals surface area contributed by atoms with Crippen molar-refractivity contribution in [1.82, 2.24) is 10.3 Å². The fourth-order valence-corrected chi connectivity index (χ4v) is 2.57. The average Bonchev–Trinajstić information content (AvgIpc) is 2.47. The van der Waals surface area contributed by atoms with Crippen molar-refractivity contribution in [1.29, 1.82) is 0 Å². The number of rotatable bonds is 4. The maximum atomic E-state index is 11.9. The van der Waals surface area contributed by atoms with Crippen LogP contribution in [0.15, 0.2) is 5.38 Å². The zero-order chi connectivity index (χ0) is 11.6. The zero-order valence-corrected chi connectivity index (χ0v) is 9.50. The molecular weight excluding hydrogens is 237 g/mol. The minimum atomic E-state index is -4.15. The molecule has 90 valence electrons. The van der Waals surface area contributed by atoms with Crippen LogP contribution in [-0.4, -0.2) is 17.7 Å². The summed E-state index contributed by atoms with van der Waals surface area (Å²) in [5, 5.41) is 5.27. The van der Waals surface area contributed by atoms with Crippen LogP contribution in [0, 0.1) is 0 Å². The van der Waals surface area contributed by atoms with E-state index in [9.17, 15) is 13.2 Å². The van der Waals surface area contributed by atoms with E-state index >= 15 is 0 Å². The lowest BCUT2D eigenvalue weighted by molar-refractivity contribution is -0.125. The molecule has 0 aliphatic heterocycles. The highest BCUT2D eigenvalue weighted by atomic mass is 32.1. The van der Waals surface area contributed by atoms with E-state index in [0.29, 0.717) is 5.92 Å². The molecule has 0 saturated heterocycles. The van der Waals surface area contributed by atoms with E-state index in [1.165, 1.54) is 19.3 Å². The van der Waals surface area contributed by atoms with Crippen molar-refractivity contribution in [2.24, 2.45) is 0 Å². The van der Waals surface area contributed by atoms with Crippen molar-refractivity contribution < 1.29 is 13.2 Å². The molecule has 1 aromatic heterocycles. The quantitative estimate of drug-likeness (QED) is 0.888. The lowest BCUT2D eigenvalue weighted by Gasteiger charge is -2.22. The number of aromatic nitrogens is 1. The second-order valence-corrected chi connectivity index (χ2v) is 4.91. The van der Waals surface area contributed by atoms with Crippen LogP contribution in [0.4, 0.5) is 13.2 Å². The van der Waals surface area contributed by atoms with Crippen LogP contribution in [0.5, 0.6) is 0 Å². The van der Waals surface area contributed by atoms with Gasteiger partial charge in [-0.2, -0.15) is 13.2 Å². The summed E-state index contributed by atoms with van der Waals surface area (Å²) in [4.78, 5) is 4.34. The molecule has 0 spiro atoms. The van der Waals surface area contributed by atoms with Crippen LogP contribution in [-0.2, 0) is 6.54 Å². The second kappa shape index (κ2) is 4.71. The zero-order valence-electron chi connectivity index (χ0n) is 8.68. The highest BCUT2D eigenvalue weighted by Gasteiger charge is 2.26. The average molecular weight is 250 g/mol. The molecule has 1 fully saturated rings. The van der Waals surface area contributed by atoms with E-state index in [-0.39, 0.29) is 6.54 Å². The van der Waals surface area contributed by atoms with Crippen molar-refractivity contribution >= 4 is 11.3 Å². The van der Waals surface area contributed by atoms with Gasteiger partial charge in [0.1, 0.15) is 0 Å². The molecule has 0 aromatic carbocycles. The van der Waals surface area contributed by atoms with Gasteiger partial charge < -0.3 is 5.32 Å². The molecule has 0 bridgehead atoms. The maximum Gasteiger partial charge on any atom is 0.401 e. The Morgan fingerprint density at radius 1 is 1.44 bits per heavy atom. The summed E-state index contributed by atoms with van der Waals surface area (Å²) >= 11 is 1.56. The summed E-state index contributed by atoms with van der Waals surface area (Å²) in [6.45, 7) is -0.758. The summed E-state index contributed by atoms with van der Waals surface area (Å²) in [6.07, 6.45) is -0.565. The van der Waals surface area contributed by atoms with Crippen molar-refractivity contribution in [2.45, 2.75) is 37.9 Å². The van der Waals surface area contributed by atoms with Crippen molar-refractivity contribution in [3.8, 4) is 0 Å². The first-order chi connectivity index (χ1) is 7.54. The van der Waals surface area contributed by atoms with Gasteiger partial charge in [0.25, 0.3) is 0 Å². The van der Waals surface area contributed by atoms with Crippen LogP contribution in [0.2, 0.25) is 0 Å². The molecule has 1 N–H and O–H groups in total. The van der Waals surface area contributed by atoms with Crippen LogP contribution in [0.3, 0.4) is 0 Å². The topological polar surface area (TPSA) is 24.9 Å². The van der Waals surface area contributed by atoms with Gasteiger partial charge in [0.2, 0.25) is 0 Å². The van der Waals surface area contributed by atoms with Gasteiger partial charge in [0.15, 0.2) is 0 Å². The third-order valence-electron chi connectivity index (χ3n) is 2.66. The number of hydrogen-bond acceptors (Lipinski definition) is 3. The van der Waals surface area contributed by atoms with Crippen molar-refractivity contribution in [3.63, 3.8) is 0 Å². The largest absolute Gasteiger partial charge is 0.401 e. The van der Waals surface area contributed by atoms with Gasteiger partial charge in [0.05, 0.1) is 17.2 Å². The normalized spacial score (nSPS) is 17.4. The van der Waals surface area contributed by atoms with E-state index in [2.05, 4.69) is 10.3 Å². The molecule has 0 unspecified atom stereocenters. The maximum absolute atomic E-state index is 11.9. The lowest BCUT2D eigenvalue weighted by Crippen LogP contribution is -2.28. The first kappa shape index (κ1) is 11.9. The molecule has 0 amide bonds. The van der Waals surface area contributed by atoms with Crippen LogP contribution >= 0.6 is 11.3 Å². The third kappa shape index (κ3) is 3.18. The highest BCUT2D eigenvalue weighted by Crippen LogP contribution is 2.37. The Bertz CT molecular complexity index is 344. The fraction of sp³-hybridized carbons (Fsp3) is 0.700. The molecule has 6 heteroatoms. The van der Waals surface area contributed by atoms with Crippen molar-refractivity contribution in [2.75, 3.05) is 6.54 Å². The number of alkyl halides is 3. The number of hydrogen-bond donors (Lipinski definition) is 1. The predicted octanol–water partition coefficient (Wildman–Crippen LogP) is 3.06. The van der Waals surface area contributed by atoms with Crippen molar-refractivity contribution in [3.05, 3.63) is 16.1 Å². The third-order valence-corrected chi connectivity index (χ3v) is 3.71. The highest BCUT2D eigenvalue weighted by molar-refractivity contribution is 7.09. The number of halogens is 3. The molecular formula is C10H13F3N2S. The fourth-order valence-electron chi connectivity index (χ4n) is 1.58. The minimum absolute atomic E-state index is 0.197. The Kier molecular flexibility index (Phi) is 3.49. The molecule has 16 heavy (non-hydrogen) atoms. The van der Waals surface area contributed by atoms with Gasteiger partial charge in [-0.1, -0.05) is 6.42 Å². The minimum Gasteiger partial charge on any atom is -0.303 e. The van der Waals surface area contributed by atoms with E-state index in [1.54, 1.807) is 11.3 Å². The first-order valence-corrected chi connectivity index (χ1v) is 6.14. The summed E-state index contributed by atoms with van der Waals surface area (Å²) in [6, 6.07) is 0. The Balaban J connectivity index is 1.79. The smallest absolute Gasteiger partial charge is 0.303 e. The van der Waals surface area contributed by atoms with Crippen LogP contribution in [0.25, 0.3) is 0 Å². The summed E-state index contributed by atoms with van der Waals surface area (Å²) in [5.74, 6) is 0.557. The summed E-state index contributed by atoms with van der Waals surface area (Å²) < 4.78 is 35.6. The van der Waals surface area contributed by atoms with Gasteiger partial charge in [-0.05, 0) is 12.8 Å². The van der Waals surface area contributed by atoms with E-state index in [4.69, 9.17) is 0 Å². The molecule has 1 saturated carbocycles. The number of thiazole rings is 1. The van der Waals surface area contributed by atoms with Gasteiger partial charge >= 0.3 is 6.18 Å². The molecule has 2 nitrogen and oxygen atoms in total. The van der Waals surface area contributed by atoms with Crippen LogP contribution in [0.1, 0.15) is 35.9 Å². The Morgan fingerprint density at radius 2 is 2.19 bits per heavy atom. The van der Waals surface area contributed by atoms with Gasteiger partial charge in [-0.3, -0.25) is 0 Å². The summed E-state index contributed by atoms with van der Waals surface area (Å²) in [7, 11) is 0. The second-order valence-electron chi connectivity index (χ2n) is 4.02. The molecule has 1 aliphatic rings. The van der Waals surface area contributed by atoms with Gasteiger partial charge in [0, 0.05) is 17.8 Å². The molecule has 0 radical (unpaired) electrons. The molecule has 1 heterocycles. The Hall–Kier alpha value is -0.620.